The summed E-state index contributed by atoms with van der Waals surface area (Å²) in [7, 11) is 0. The van der Waals surface area contributed by atoms with E-state index >= 15 is 0 Å². The summed E-state index contributed by atoms with van der Waals surface area (Å²) >= 11 is 0. The molecule has 3 heterocycles. The van der Waals surface area contributed by atoms with Crippen LogP contribution in [-0.2, 0) is 0 Å². The predicted octanol–water partition coefficient (Wildman–Crippen LogP) is 2.46. The van der Waals surface area contributed by atoms with E-state index in [0.717, 1.165) is 51.0 Å². The van der Waals surface area contributed by atoms with Crippen LogP contribution in [0.1, 0.15) is 51.3 Å². The fourth-order valence-electron chi connectivity index (χ4n) is 4.20. The quantitative estimate of drug-likeness (QED) is 0.550. The van der Waals surface area contributed by atoms with E-state index in [0.29, 0.717) is 6.04 Å². The number of furan rings is 1. The number of aliphatic imine (C=N–C) groups is 1. The Hall–Kier alpha value is -1.53. The van der Waals surface area contributed by atoms with Crippen LogP contribution in [0.4, 0.5) is 0 Å². The van der Waals surface area contributed by atoms with Crippen molar-refractivity contribution < 1.29 is 4.42 Å². The summed E-state index contributed by atoms with van der Waals surface area (Å²) in [6.45, 7) is 11.6. The van der Waals surface area contributed by atoms with Gasteiger partial charge in [0, 0.05) is 19.1 Å². The Kier molecular flexibility index (Phi) is 7.38. The van der Waals surface area contributed by atoms with Crippen LogP contribution < -0.4 is 10.6 Å². The SMILES string of the molecule is CCNC(=NCC(c1ccco1)N1CCCC1)NCC1CCCN1CC. The number of nitrogens with zero attached hydrogens (tertiary/aromatic N) is 3. The molecule has 0 radical (unpaired) electrons. The van der Waals surface area contributed by atoms with Gasteiger partial charge in [-0.05, 0) is 70.9 Å². The molecule has 2 N–H and O–H groups in total. The Morgan fingerprint density at radius 1 is 1.23 bits per heavy atom. The van der Waals surface area contributed by atoms with Crippen molar-refractivity contribution in [2.24, 2.45) is 4.99 Å². The first-order valence-electron chi connectivity index (χ1n) is 10.4. The Bertz CT molecular complexity index is 538. The molecular formula is C20H35N5O. The minimum Gasteiger partial charge on any atom is -0.468 e. The third-order valence-electron chi connectivity index (χ3n) is 5.63. The van der Waals surface area contributed by atoms with Crippen molar-refractivity contribution in [1.29, 1.82) is 0 Å². The molecule has 2 fully saturated rings. The molecule has 2 unspecified atom stereocenters. The minimum absolute atomic E-state index is 0.238. The van der Waals surface area contributed by atoms with Gasteiger partial charge in [-0.25, -0.2) is 0 Å². The van der Waals surface area contributed by atoms with Crippen LogP contribution in [0.25, 0.3) is 0 Å². The number of guanidine groups is 1. The highest BCUT2D eigenvalue weighted by atomic mass is 16.3. The second-order valence-corrected chi connectivity index (χ2v) is 7.30. The maximum absolute atomic E-state index is 5.71. The lowest BCUT2D eigenvalue weighted by Gasteiger charge is -2.26. The number of hydrogen-bond acceptors (Lipinski definition) is 4. The van der Waals surface area contributed by atoms with Crippen LogP contribution in [0.15, 0.2) is 27.8 Å². The summed E-state index contributed by atoms with van der Waals surface area (Å²) in [5.74, 6) is 1.95. The van der Waals surface area contributed by atoms with Crippen LogP contribution in [-0.4, -0.2) is 67.6 Å². The molecule has 6 nitrogen and oxygen atoms in total. The zero-order valence-electron chi connectivity index (χ0n) is 16.4. The highest BCUT2D eigenvalue weighted by Gasteiger charge is 2.26. The number of likely N-dealkylation sites (N-methyl/N-ethyl adjacent to an activating group) is 1. The van der Waals surface area contributed by atoms with Gasteiger partial charge in [0.2, 0.25) is 0 Å². The van der Waals surface area contributed by atoms with Gasteiger partial charge >= 0.3 is 0 Å². The molecule has 0 aromatic carbocycles. The average molecular weight is 362 g/mol. The van der Waals surface area contributed by atoms with Crippen molar-refractivity contribution in [2.75, 3.05) is 45.8 Å². The summed E-state index contributed by atoms with van der Waals surface area (Å²) < 4.78 is 5.71. The minimum atomic E-state index is 0.238. The second kappa shape index (κ2) is 9.97. The highest BCUT2D eigenvalue weighted by molar-refractivity contribution is 5.79. The van der Waals surface area contributed by atoms with Crippen LogP contribution in [0.2, 0.25) is 0 Å². The van der Waals surface area contributed by atoms with Crippen LogP contribution in [0.3, 0.4) is 0 Å². The fourth-order valence-corrected chi connectivity index (χ4v) is 4.20. The van der Waals surface area contributed by atoms with Gasteiger partial charge in [-0.2, -0.15) is 0 Å². The van der Waals surface area contributed by atoms with Gasteiger partial charge in [-0.3, -0.25) is 14.8 Å². The first kappa shape index (κ1) is 19.2. The van der Waals surface area contributed by atoms with Crippen molar-refractivity contribution >= 4 is 5.96 Å². The molecule has 0 bridgehead atoms. The van der Waals surface area contributed by atoms with Crippen LogP contribution in [0, 0.1) is 0 Å². The number of hydrogen-bond donors (Lipinski definition) is 2. The molecular weight excluding hydrogens is 326 g/mol. The van der Waals surface area contributed by atoms with Gasteiger partial charge in [-0.15, -0.1) is 0 Å². The Morgan fingerprint density at radius 2 is 2.08 bits per heavy atom. The van der Waals surface area contributed by atoms with Gasteiger partial charge in [0.1, 0.15) is 5.76 Å². The normalized spacial score (nSPS) is 23.5. The molecule has 26 heavy (non-hydrogen) atoms. The third kappa shape index (κ3) is 5.01. The van der Waals surface area contributed by atoms with E-state index in [1.807, 2.05) is 6.07 Å². The molecule has 1 aromatic rings. The molecule has 2 saturated heterocycles. The number of rotatable bonds is 8. The number of nitrogens with one attached hydrogen (secondary N) is 2. The maximum Gasteiger partial charge on any atom is 0.191 e. The van der Waals surface area contributed by atoms with Crippen molar-refractivity contribution in [3.8, 4) is 0 Å². The summed E-state index contributed by atoms with van der Waals surface area (Å²) in [5.41, 5.74) is 0. The lowest BCUT2D eigenvalue weighted by Crippen LogP contribution is -2.45. The monoisotopic (exact) mass is 361 g/mol. The molecule has 146 valence electrons. The predicted molar refractivity (Wildman–Crippen MR) is 107 cm³/mol. The molecule has 2 aliphatic rings. The van der Waals surface area contributed by atoms with Crippen molar-refractivity contribution in [3.05, 3.63) is 24.2 Å². The van der Waals surface area contributed by atoms with E-state index in [9.17, 15) is 0 Å². The van der Waals surface area contributed by atoms with Crippen molar-refractivity contribution in [3.63, 3.8) is 0 Å². The van der Waals surface area contributed by atoms with Crippen molar-refractivity contribution in [1.82, 2.24) is 20.4 Å². The molecule has 0 saturated carbocycles. The maximum atomic E-state index is 5.71. The van der Waals surface area contributed by atoms with Crippen LogP contribution >= 0.6 is 0 Å². The summed E-state index contributed by atoms with van der Waals surface area (Å²) in [4.78, 5) is 9.96. The molecule has 3 rings (SSSR count). The van der Waals surface area contributed by atoms with Gasteiger partial charge in [-0.1, -0.05) is 6.92 Å². The van der Waals surface area contributed by atoms with Gasteiger partial charge in [0.15, 0.2) is 5.96 Å². The molecule has 2 atom stereocenters. The third-order valence-corrected chi connectivity index (χ3v) is 5.63. The van der Waals surface area contributed by atoms with E-state index in [1.54, 1.807) is 6.26 Å². The highest BCUT2D eigenvalue weighted by Crippen LogP contribution is 2.25. The fraction of sp³-hybridized carbons (Fsp3) is 0.750. The summed E-state index contributed by atoms with van der Waals surface area (Å²) in [5, 5.41) is 6.97. The topological polar surface area (TPSA) is 56.0 Å². The zero-order chi connectivity index (χ0) is 18.2. The molecule has 0 amide bonds. The molecule has 0 spiro atoms. The first-order chi connectivity index (χ1) is 12.8. The van der Waals surface area contributed by atoms with E-state index < -0.39 is 0 Å². The number of likely N-dealkylation sites (tertiary alicyclic amines) is 2. The van der Waals surface area contributed by atoms with Crippen LogP contribution in [0.5, 0.6) is 0 Å². The van der Waals surface area contributed by atoms with E-state index in [-0.39, 0.29) is 6.04 Å². The smallest absolute Gasteiger partial charge is 0.191 e. The lowest BCUT2D eigenvalue weighted by atomic mass is 10.2. The zero-order valence-corrected chi connectivity index (χ0v) is 16.4. The Balaban J connectivity index is 1.60. The van der Waals surface area contributed by atoms with Gasteiger partial charge in [0.25, 0.3) is 0 Å². The average Bonchev–Trinajstić information content (AvgIpc) is 3.42. The lowest BCUT2D eigenvalue weighted by molar-refractivity contribution is 0.221. The first-order valence-corrected chi connectivity index (χ1v) is 10.4. The second-order valence-electron chi connectivity index (χ2n) is 7.30. The standard InChI is InChI=1S/C20H35N5O/c1-3-21-20(22-15-17-9-7-13-24(17)4-2)23-16-18(19-10-8-14-26-19)25-11-5-6-12-25/h8,10,14,17-18H,3-7,9,11-13,15-16H2,1-2H3,(H2,21,22,23). The molecule has 0 aliphatic carbocycles. The molecule has 2 aliphatic heterocycles. The van der Waals surface area contributed by atoms with Gasteiger partial charge < -0.3 is 15.1 Å². The largest absolute Gasteiger partial charge is 0.468 e. The van der Waals surface area contributed by atoms with Crippen molar-refractivity contribution in [2.45, 2.75) is 51.6 Å². The van der Waals surface area contributed by atoms with E-state index in [1.165, 1.54) is 32.2 Å². The van der Waals surface area contributed by atoms with E-state index in [4.69, 9.17) is 9.41 Å². The molecule has 1 aromatic heterocycles. The Morgan fingerprint density at radius 3 is 2.77 bits per heavy atom. The summed E-state index contributed by atoms with van der Waals surface area (Å²) in [6.07, 6.45) is 6.90. The van der Waals surface area contributed by atoms with E-state index in [2.05, 4.69) is 40.3 Å². The van der Waals surface area contributed by atoms with Gasteiger partial charge in [0.05, 0.1) is 18.8 Å². The Labute approximate surface area is 158 Å². The molecule has 6 heteroatoms. The summed E-state index contributed by atoms with van der Waals surface area (Å²) in [6, 6.07) is 4.92.